The SMILES string of the molecule is O=C(c1ccccc1)[C@@H]1CN=C(Nc2c(Cl)cccc2Cl)N1. The smallest absolute Gasteiger partial charge is 0.196 e. The van der Waals surface area contributed by atoms with Gasteiger partial charge in [-0.2, -0.15) is 0 Å². The number of benzene rings is 2. The Balaban J connectivity index is 1.69. The minimum absolute atomic E-state index is 0.00593. The molecule has 2 aromatic carbocycles. The molecule has 0 unspecified atom stereocenters. The van der Waals surface area contributed by atoms with Gasteiger partial charge in [0.15, 0.2) is 11.7 Å². The Bertz CT molecular complexity index is 711. The van der Waals surface area contributed by atoms with Gasteiger partial charge in [-0.1, -0.05) is 59.6 Å². The summed E-state index contributed by atoms with van der Waals surface area (Å²) >= 11 is 12.2. The van der Waals surface area contributed by atoms with Crippen LogP contribution in [-0.4, -0.2) is 24.3 Å². The standard InChI is InChI=1S/C16H13Cl2N3O/c17-11-7-4-8-12(18)14(11)21-16-19-9-13(20-16)15(22)10-5-2-1-3-6-10/h1-8,13H,9H2,(H2,19,20,21)/t13-/m0/s1. The van der Waals surface area contributed by atoms with E-state index in [1.807, 2.05) is 18.2 Å². The summed E-state index contributed by atoms with van der Waals surface area (Å²) in [5.74, 6) is 0.496. The van der Waals surface area contributed by atoms with Gasteiger partial charge in [-0.3, -0.25) is 9.79 Å². The molecule has 2 aromatic rings. The van der Waals surface area contributed by atoms with Gasteiger partial charge >= 0.3 is 0 Å². The van der Waals surface area contributed by atoms with Crippen molar-refractivity contribution in [2.45, 2.75) is 6.04 Å². The average molecular weight is 334 g/mol. The number of aliphatic imine (C=N–C) groups is 1. The fraction of sp³-hybridized carbons (Fsp3) is 0.125. The zero-order chi connectivity index (χ0) is 15.5. The summed E-state index contributed by atoms with van der Waals surface area (Å²) in [6, 6.07) is 14.0. The first-order valence-corrected chi connectivity index (χ1v) is 7.52. The molecular weight excluding hydrogens is 321 g/mol. The van der Waals surface area contributed by atoms with Crippen LogP contribution < -0.4 is 10.6 Å². The molecule has 0 radical (unpaired) electrons. The summed E-state index contributed by atoms with van der Waals surface area (Å²) in [6.45, 7) is 0.373. The first kappa shape index (κ1) is 14.9. The Labute approximate surface area is 138 Å². The molecule has 0 bridgehead atoms. The van der Waals surface area contributed by atoms with E-state index < -0.39 is 0 Å². The topological polar surface area (TPSA) is 53.5 Å². The Hall–Kier alpha value is -2.04. The van der Waals surface area contributed by atoms with Gasteiger partial charge in [-0.15, -0.1) is 0 Å². The molecule has 112 valence electrons. The van der Waals surface area contributed by atoms with E-state index in [0.717, 1.165) is 0 Å². The Morgan fingerprint density at radius 2 is 1.77 bits per heavy atom. The maximum absolute atomic E-state index is 12.4. The molecule has 0 fully saturated rings. The molecule has 3 rings (SSSR count). The maximum Gasteiger partial charge on any atom is 0.196 e. The zero-order valence-corrected chi connectivity index (χ0v) is 13.0. The quantitative estimate of drug-likeness (QED) is 0.843. The molecule has 0 spiro atoms. The molecule has 2 N–H and O–H groups in total. The summed E-state index contributed by atoms with van der Waals surface area (Å²) in [7, 11) is 0. The predicted octanol–water partition coefficient (Wildman–Crippen LogP) is 3.62. The van der Waals surface area contributed by atoms with Crippen molar-refractivity contribution in [3.8, 4) is 0 Å². The van der Waals surface area contributed by atoms with E-state index >= 15 is 0 Å². The van der Waals surface area contributed by atoms with Gasteiger partial charge in [0.2, 0.25) is 0 Å². The lowest BCUT2D eigenvalue weighted by atomic mass is 10.1. The lowest BCUT2D eigenvalue weighted by Crippen LogP contribution is -2.40. The van der Waals surface area contributed by atoms with Gasteiger partial charge in [0.25, 0.3) is 0 Å². The van der Waals surface area contributed by atoms with E-state index in [1.54, 1.807) is 30.3 Å². The third-order valence-electron chi connectivity index (χ3n) is 3.32. The number of Topliss-reactive ketones (excluding diaryl/α,β-unsaturated/α-hetero) is 1. The molecule has 1 aliphatic heterocycles. The predicted molar refractivity (Wildman–Crippen MR) is 90.1 cm³/mol. The Morgan fingerprint density at radius 1 is 1.09 bits per heavy atom. The van der Waals surface area contributed by atoms with Crippen LogP contribution in [0.25, 0.3) is 0 Å². The number of guanidine groups is 1. The fourth-order valence-corrected chi connectivity index (χ4v) is 2.69. The molecule has 1 atom stereocenters. The fourth-order valence-electron chi connectivity index (χ4n) is 2.20. The summed E-state index contributed by atoms with van der Waals surface area (Å²) in [5, 5.41) is 7.09. The number of rotatable bonds is 3. The minimum Gasteiger partial charge on any atom is -0.344 e. The van der Waals surface area contributed by atoms with Gasteiger partial charge < -0.3 is 10.6 Å². The van der Waals surface area contributed by atoms with E-state index in [4.69, 9.17) is 23.2 Å². The van der Waals surface area contributed by atoms with Crippen molar-refractivity contribution in [1.82, 2.24) is 5.32 Å². The van der Waals surface area contributed by atoms with Crippen LogP contribution in [0.15, 0.2) is 53.5 Å². The first-order chi connectivity index (χ1) is 10.6. The number of hydrogen-bond donors (Lipinski definition) is 2. The summed E-state index contributed by atoms with van der Waals surface area (Å²) in [5.41, 5.74) is 1.23. The second-order valence-electron chi connectivity index (χ2n) is 4.84. The summed E-state index contributed by atoms with van der Waals surface area (Å²) in [4.78, 5) is 16.7. The largest absolute Gasteiger partial charge is 0.344 e. The molecule has 4 nitrogen and oxygen atoms in total. The van der Waals surface area contributed by atoms with Gasteiger partial charge in [0.1, 0.15) is 6.04 Å². The highest BCUT2D eigenvalue weighted by Gasteiger charge is 2.26. The van der Waals surface area contributed by atoms with Crippen LogP contribution in [0, 0.1) is 0 Å². The molecule has 0 saturated carbocycles. The van der Waals surface area contributed by atoms with Gasteiger partial charge in [-0.05, 0) is 12.1 Å². The molecule has 0 aromatic heterocycles. The molecule has 0 aliphatic carbocycles. The average Bonchev–Trinajstić information content (AvgIpc) is 3.00. The van der Waals surface area contributed by atoms with Crippen molar-refractivity contribution in [3.05, 3.63) is 64.1 Å². The zero-order valence-electron chi connectivity index (χ0n) is 11.5. The first-order valence-electron chi connectivity index (χ1n) is 6.76. The molecule has 22 heavy (non-hydrogen) atoms. The number of hydrogen-bond acceptors (Lipinski definition) is 4. The third-order valence-corrected chi connectivity index (χ3v) is 3.95. The minimum atomic E-state index is -0.383. The highest BCUT2D eigenvalue weighted by molar-refractivity contribution is 6.39. The second-order valence-corrected chi connectivity index (χ2v) is 5.65. The molecule has 1 heterocycles. The van der Waals surface area contributed by atoms with Crippen LogP contribution >= 0.6 is 23.2 Å². The normalized spacial score (nSPS) is 16.8. The van der Waals surface area contributed by atoms with Crippen molar-refractivity contribution in [1.29, 1.82) is 0 Å². The number of halogens is 2. The number of anilines is 1. The van der Waals surface area contributed by atoms with Crippen LogP contribution in [0.4, 0.5) is 5.69 Å². The highest BCUT2D eigenvalue weighted by atomic mass is 35.5. The van der Waals surface area contributed by atoms with Gasteiger partial charge in [-0.25, -0.2) is 0 Å². The summed E-state index contributed by atoms with van der Waals surface area (Å²) in [6.07, 6.45) is 0. The molecule has 1 aliphatic rings. The second kappa shape index (κ2) is 6.38. The number of para-hydroxylation sites is 1. The van der Waals surface area contributed by atoms with Crippen LogP contribution in [0.3, 0.4) is 0 Å². The van der Waals surface area contributed by atoms with E-state index in [9.17, 15) is 4.79 Å². The number of ketones is 1. The van der Waals surface area contributed by atoms with E-state index in [0.29, 0.717) is 33.8 Å². The molecule has 0 amide bonds. The van der Waals surface area contributed by atoms with Crippen LogP contribution in [0.2, 0.25) is 10.0 Å². The molecule has 6 heteroatoms. The van der Waals surface area contributed by atoms with Crippen LogP contribution in [0.1, 0.15) is 10.4 Å². The third kappa shape index (κ3) is 3.08. The van der Waals surface area contributed by atoms with E-state index in [1.165, 1.54) is 0 Å². The highest BCUT2D eigenvalue weighted by Crippen LogP contribution is 2.29. The molecular formula is C16H13Cl2N3O. The van der Waals surface area contributed by atoms with E-state index in [2.05, 4.69) is 15.6 Å². The van der Waals surface area contributed by atoms with Crippen molar-refractivity contribution in [2.75, 3.05) is 11.9 Å². The Kier molecular flexibility index (Phi) is 4.32. The lowest BCUT2D eigenvalue weighted by Gasteiger charge is -2.13. The molecule has 0 saturated heterocycles. The van der Waals surface area contributed by atoms with Crippen molar-refractivity contribution in [2.24, 2.45) is 4.99 Å². The summed E-state index contributed by atoms with van der Waals surface area (Å²) < 4.78 is 0. The van der Waals surface area contributed by atoms with Crippen LogP contribution in [-0.2, 0) is 0 Å². The number of nitrogens with one attached hydrogen (secondary N) is 2. The monoisotopic (exact) mass is 333 g/mol. The number of carbonyl (C=O) groups excluding carboxylic acids is 1. The Morgan fingerprint density at radius 3 is 2.45 bits per heavy atom. The van der Waals surface area contributed by atoms with Crippen molar-refractivity contribution in [3.63, 3.8) is 0 Å². The number of carbonyl (C=O) groups is 1. The van der Waals surface area contributed by atoms with Crippen LogP contribution in [0.5, 0.6) is 0 Å². The number of nitrogens with zero attached hydrogens (tertiary/aromatic N) is 1. The lowest BCUT2D eigenvalue weighted by molar-refractivity contribution is 0.0959. The maximum atomic E-state index is 12.4. The van der Waals surface area contributed by atoms with Crippen molar-refractivity contribution >= 4 is 40.6 Å². The van der Waals surface area contributed by atoms with E-state index in [-0.39, 0.29) is 11.8 Å². The van der Waals surface area contributed by atoms with Gasteiger partial charge in [0.05, 0.1) is 22.3 Å². The van der Waals surface area contributed by atoms with Gasteiger partial charge in [0, 0.05) is 5.56 Å². The van der Waals surface area contributed by atoms with Crippen molar-refractivity contribution < 1.29 is 4.79 Å².